The molecule has 0 radical (unpaired) electrons. The molecular formula is C19H16N4O3. The van der Waals surface area contributed by atoms with Crippen molar-refractivity contribution in [3.63, 3.8) is 0 Å². The molecular weight excluding hydrogens is 332 g/mol. The van der Waals surface area contributed by atoms with E-state index in [1.54, 1.807) is 18.5 Å². The number of aromatic amines is 1. The lowest BCUT2D eigenvalue weighted by Gasteiger charge is -2.01. The van der Waals surface area contributed by atoms with Gasteiger partial charge in [-0.25, -0.2) is 0 Å². The van der Waals surface area contributed by atoms with Gasteiger partial charge < -0.3 is 14.8 Å². The third-order valence-electron chi connectivity index (χ3n) is 4.04. The maximum absolute atomic E-state index is 12.2. The van der Waals surface area contributed by atoms with Gasteiger partial charge in [-0.15, -0.1) is 0 Å². The molecule has 0 spiro atoms. The highest BCUT2D eigenvalue weighted by Crippen LogP contribution is 2.32. The zero-order valence-corrected chi connectivity index (χ0v) is 14.0. The van der Waals surface area contributed by atoms with E-state index in [0.29, 0.717) is 17.3 Å². The fourth-order valence-corrected chi connectivity index (χ4v) is 2.67. The van der Waals surface area contributed by atoms with Crippen LogP contribution in [0.3, 0.4) is 0 Å². The molecule has 26 heavy (non-hydrogen) atoms. The van der Waals surface area contributed by atoms with Crippen LogP contribution in [-0.4, -0.2) is 27.9 Å². The van der Waals surface area contributed by atoms with Crippen LogP contribution in [0.15, 0.2) is 48.8 Å². The number of pyridine rings is 1. The molecule has 7 heteroatoms. The summed E-state index contributed by atoms with van der Waals surface area (Å²) in [5.74, 6) is 1.62. The molecule has 0 saturated heterocycles. The lowest BCUT2D eigenvalue weighted by Crippen LogP contribution is -2.09. The second-order valence-electron chi connectivity index (χ2n) is 5.74. The van der Waals surface area contributed by atoms with Gasteiger partial charge in [-0.1, -0.05) is 6.07 Å². The molecule has 0 fully saturated rings. The summed E-state index contributed by atoms with van der Waals surface area (Å²) in [6, 6.07) is 9.27. The van der Waals surface area contributed by atoms with Crippen LogP contribution in [0.25, 0.3) is 17.3 Å². The standard InChI is InChI=1S/C19H16N4O3/c1-12-18(14-6-8-20-9-7-14)22-23-19(12)21-17(24)5-3-13-2-4-15-16(10-13)26-11-25-15/h2-10H,11H2,1H3,(H2,21,22,23,24). The Kier molecular flexibility index (Phi) is 4.10. The highest BCUT2D eigenvalue weighted by atomic mass is 16.7. The number of carbonyl (C=O) groups is 1. The largest absolute Gasteiger partial charge is 0.454 e. The minimum atomic E-state index is -0.265. The first-order valence-corrected chi connectivity index (χ1v) is 8.05. The van der Waals surface area contributed by atoms with E-state index in [9.17, 15) is 4.79 Å². The Morgan fingerprint density at radius 1 is 1.19 bits per heavy atom. The van der Waals surface area contributed by atoms with Gasteiger partial charge in [-0.2, -0.15) is 5.10 Å². The summed E-state index contributed by atoms with van der Waals surface area (Å²) in [5, 5.41) is 9.92. The number of fused-ring (bicyclic) bond motifs is 1. The third-order valence-corrected chi connectivity index (χ3v) is 4.04. The minimum absolute atomic E-state index is 0.223. The first-order chi connectivity index (χ1) is 12.7. The van der Waals surface area contributed by atoms with Gasteiger partial charge in [0.05, 0.1) is 5.69 Å². The Balaban J connectivity index is 1.46. The molecule has 2 N–H and O–H groups in total. The number of amides is 1. The van der Waals surface area contributed by atoms with Crippen molar-refractivity contribution in [1.29, 1.82) is 0 Å². The van der Waals surface area contributed by atoms with Gasteiger partial charge in [0.15, 0.2) is 17.3 Å². The van der Waals surface area contributed by atoms with Crippen molar-refractivity contribution >= 4 is 17.8 Å². The van der Waals surface area contributed by atoms with Crippen LogP contribution in [0.5, 0.6) is 11.5 Å². The summed E-state index contributed by atoms with van der Waals surface area (Å²) in [6.45, 7) is 2.12. The van der Waals surface area contributed by atoms with E-state index in [-0.39, 0.29) is 12.7 Å². The molecule has 1 aromatic carbocycles. The number of hydrogen-bond donors (Lipinski definition) is 2. The second kappa shape index (κ2) is 6.72. The lowest BCUT2D eigenvalue weighted by molar-refractivity contribution is -0.111. The van der Waals surface area contributed by atoms with Crippen LogP contribution < -0.4 is 14.8 Å². The van der Waals surface area contributed by atoms with Gasteiger partial charge in [-0.3, -0.25) is 14.9 Å². The molecule has 2 aromatic heterocycles. The Morgan fingerprint density at radius 2 is 2.00 bits per heavy atom. The summed E-state index contributed by atoms with van der Waals surface area (Å²) in [6.07, 6.45) is 6.59. The molecule has 4 rings (SSSR count). The summed E-state index contributed by atoms with van der Waals surface area (Å²) in [4.78, 5) is 16.2. The molecule has 7 nitrogen and oxygen atoms in total. The van der Waals surface area contributed by atoms with Crippen molar-refractivity contribution in [1.82, 2.24) is 15.2 Å². The van der Waals surface area contributed by atoms with E-state index in [0.717, 1.165) is 22.4 Å². The van der Waals surface area contributed by atoms with Crippen molar-refractivity contribution < 1.29 is 14.3 Å². The number of hydrogen-bond acceptors (Lipinski definition) is 5. The maximum atomic E-state index is 12.2. The fourth-order valence-electron chi connectivity index (χ4n) is 2.67. The van der Waals surface area contributed by atoms with Crippen LogP contribution in [0.1, 0.15) is 11.1 Å². The molecule has 3 heterocycles. The average Bonchev–Trinajstić information content (AvgIpc) is 3.27. The normalized spacial score (nSPS) is 12.5. The molecule has 3 aromatic rings. The number of rotatable bonds is 4. The third kappa shape index (κ3) is 3.14. The predicted molar refractivity (Wildman–Crippen MR) is 96.8 cm³/mol. The van der Waals surface area contributed by atoms with Crippen LogP contribution in [0.4, 0.5) is 5.82 Å². The smallest absolute Gasteiger partial charge is 0.249 e. The van der Waals surface area contributed by atoms with Crippen molar-refractivity contribution in [2.24, 2.45) is 0 Å². The van der Waals surface area contributed by atoms with E-state index in [1.807, 2.05) is 37.3 Å². The fraction of sp³-hybridized carbons (Fsp3) is 0.105. The topological polar surface area (TPSA) is 89.1 Å². The quantitative estimate of drug-likeness (QED) is 0.707. The molecule has 0 atom stereocenters. The van der Waals surface area contributed by atoms with Gasteiger partial charge in [0.1, 0.15) is 0 Å². The summed E-state index contributed by atoms with van der Waals surface area (Å²) in [5.41, 5.74) is 3.52. The van der Waals surface area contributed by atoms with E-state index in [4.69, 9.17) is 9.47 Å². The number of carbonyl (C=O) groups excluding carboxylic acids is 1. The number of H-pyrrole nitrogens is 1. The summed E-state index contributed by atoms with van der Waals surface area (Å²) in [7, 11) is 0. The maximum Gasteiger partial charge on any atom is 0.249 e. The number of nitrogens with one attached hydrogen (secondary N) is 2. The zero-order valence-electron chi connectivity index (χ0n) is 14.0. The summed E-state index contributed by atoms with van der Waals surface area (Å²) < 4.78 is 10.6. The van der Waals surface area contributed by atoms with Gasteiger partial charge >= 0.3 is 0 Å². The van der Waals surface area contributed by atoms with Crippen molar-refractivity contribution in [2.45, 2.75) is 6.92 Å². The number of anilines is 1. The highest BCUT2D eigenvalue weighted by molar-refractivity contribution is 6.02. The Labute approximate surface area is 149 Å². The molecule has 0 saturated carbocycles. The van der Waals surface area contributed by atoms with E-state index in [1.165, 1.54) is 6.08 Å². The molecule has 1 aliphatic rings. The van der Waals surface area contributed by atoms with Crippen LogP contribution in [0, 0.1) is 6.92 Å². The van der Waals surface area contributed by atoms with E-state index >= 15 is 0 Å². The molecule has 0 unspecified atom stereocenters. The first-order valence-electron chi connectivity index (χ1n) is 8.05. The first kappa shape index (κ1) is 15.9. The van der Waals surface area contributed by atoms with E-state index in [2.05, 4.69) is 20.5 Å². The predicted octanol–water partition coefficient (Wildman–Crippen LogP) is 3.16. The number of ether oxygens (including phenoxy) is 2. The van der Waals surface area contributed by atoms with Crippen LogP contribution >= 0.6 is 0 Å². The Morgan fingerprint density at radius 3 is 2.85 bits per heavy atom. The van der Waals surface area contributed by atoms with E-state index < -0.39 is 0 Å². The highest BCUT2D eigenvalue weighted by Gasteiger charge is 2.13. The minimum Gasteiger partial charge on any atom is -0.454 e. The molecule has 1 aliphatic heterocycles. The van der Waals surface area contributed by atoms with Crippen molar-refractivity contribution in [2.75, 3.05) is 12.1 Å². The molecule has 1 amide bonds. The Bertz CT molecular complexity index is 980. The molecule has 0 aliphatic carbocycles. The summed E-state index contributed by atoms with van der Waals surface area (Å²) >= 11 is 0. The number of nitrogens with zero attached hydrogens (tertiary/aromatic N) is 2. The van der Waals surface area contributed by atoms with Gasteiger partial charge in [0.2, 0.25) is 12.7 Å². The van der Waals surface area contributed by atoms with Gasteiger partial charge in [0.25, 0.3) is 0 Å². The Hall–Kier alpha value is -3.61. The van der Waals surface area contributed by atoms with Gasteiger partial charge in [0, 0.05) is 29.6 Å². The SMILES string of the molecule is Cc1c(NC(=O)C=Cc2ccc3c(c2)OCO3)n[nH]c1-c1ccncc1. The van der Waals surface area contributed by atoms with Crippen molar-refractivity contribution in [3.05, 3.63) is 59.9 Å². The average molecular weight is 348 g/mol. The lowest BCUT2D eigenvalue weighted by atomic mass is 10.1. The van der Waals surface area contributed by atoms with Crippen LogP contribution in [0.2, 0.25) is 0 Å². The number of aromatic nitrogens is 3. The molecule has 0 bridgehead atoms. The second-order valence-corrected chi connectivity index (χ2v) is 5.74. The molecule has 130 valence electrons. The van der Waals surface area contributed by atoms with Crippen LogP contribution in [-0.2, 0) is 4.79 Å². The zero-order chi connectivity index (χ0) is 17.9. The van der Waals surface area contributed by atoms with Gasteiger partial charge in [-0.05, 0) is 42.8 Å². The number of benzene rings is 1. The monoisotopic (exact) mass is 348 g/mol. The van der Waals surface area contributed by atoms with Crippen molar-refractivity contribution in [3.8, 4) is 22.8 Å².